The molecule has 0 atom stereocenters. The van der Waals surface area contributed by atoms with E-state index in [4.69, 9.17) is 5.11 Å². The molecule has 0 unspecified atom stereocenters. The highest BCUT2D eigenvalue weighted by atomic mass is 19.4. The quantitative estimate of drug-likeness (QED) is 0.686. The Morgan fingerprint density at radius 3 is 2.48 bits per heavy atom. The van der Waals surface area contributed by atoms with Crippen LogP contribution in [-0.2, 0) is 6.18 Å². The van der Waals surface area contributed by atoms with E-state index in [-0.39, 0.29) is 22.0 Å². The molecule has 3 rings (SSSR count). The number of hydrogen-bond donors (Lipinski definition) is 1. The zero-order valence-corrected chi connectivity index (χ0v) is 10.5. The summed E-state index contributed by atoms with van der Waals surface area (Å²) < 4.78 is 39.0. The third kappa shape index (κ3) is 2.18. The minimum Gasteiger partial charge on any atom is -0.478 e. The second kappa shape index (κ2) is 4.44. The summed E-state index contributed by atoms with van der Waals surface area (Å²) in [5.41, 5.74) is -0.777. The van der Waals surface area contributed by atoms with Crippen molar-refractivity contribution in [3.63, 3.8) is 0 Å². The van der Waals surface area contributed by atoms with Gasteiger partial charge in [-0.05, 0) is 24.3 Å². The van der Waals surface area contributed by atoms with E-state index in [1.807, 2.05) is 0 Å². The lowest BCUT2D eigenvalue weighted by molar-refractivity contribution is -0.136. The van der Waals surface area contributed by atoms with Crippen molar-refractivity contribution in [3.05, 3.63) is 53.6 Å². The second-order valence-electron chi connectivity index (χ2n) is 4.54. The van der Waals surface area contributed by atoms with Crippen molar-refractivity contribution in [2.24, 2.45) is 0 Å². The third-order valence-corrected chi connectivity index (χ3v) is 3.22. The van der Waals surface area contributed by atoms with E-state index >= 15 is 0 Å². The first kappa shape index (κ1) is 13.4. The van der Waals surface area contributed by atoms with Crippen LogP contribution in [0.3, 0.4) is 0 Å². The fourth-order valence-electron chi connectivity index (χ4n) is 2.30. The smallest absolute Gasteiger partial charge is 0.418 e. The molecular formula is C15H8F3NO2. The Hall–Kier alpha value is -2.63. The Bertz CT molecular complexity index is 872. The summed E-state index contributed by atoms with van der Waals surface area (Å²) in [5.74, 6) is -1.14. The molecule has 1 N–H and O–H groups in total. The zero-order valence-electron chi connectivity index (χ0n) is 10.5. The van der Waals surface area contributed by atoms with Crippen LogP contribution >= 0.6 is 0 Å². The van der Waals surface area contributed by atoms with E-state index in [9.17, 15) is 18.0 Å². The first-order chi connectivity index (χ1) is 9.88. The van der Waals surface area contributed by atoms with E-state index in [0.29, 0.717) is 5.39 Å². The van der Waals surface area contributed by atoms with Gasteiger partial charge in [0.1, 0.15) is 0 Å². The van der Waals surface area contributed by atoms with Gasteiger partial charge >= 0.3 is 12.1 Å². The molecule has 1 heterocycles. The maximum Gasteiger partial charge on any atom is 0.418 e. The van der Waals surface area contributed by atoms with Crippen LogP contribution in [-0.4, -0.2) is 16.1 Å². The van der Waals surface area contributed by atoms with Crippen molar-refractivity contribution < 1.29 is 23.1 Å². The van der Waals surface area contributed by atoms with Crippen LogP contribution < -0.4 is 0 Å². The van der Waals surface area contributed by atoms with Gasteiger partial charge in [-0.1, -0.05) is 18.2 Å². The van der Waals surface area contributed by atoms with E-state index in [1.165, 1.54) is 36.4 Å². The largest absolute Gasteiger partial charge is 0.478 e. The van der Waals surface area contributed by atoms with Crippen LogP contribution in [0.15, 0.2) is 42.5 Å². The molecule has 6 heteroatoms. The number of nitrogens with zero attached hydrogens (tertiary/aromatic N) is 1. The first-order valence-electron chi connectivity index (χ1n) is 6.01. The minimum atomic E-state index is -4.51. The van der Waals surface area contributed by atoms with E-state index in [2.05, 4.69) is 4.98 Å². The highest BCUT2D eigenvalue weighted by Gasteiger charge is 2.33. The van der Waals surface area contributed by atoms with Crippen molar-refractivity contribution in [2.75, 3.05) is 0 Å². The number of aromatic carboxylic acids is 1. The van der Waals surface area contributed by atoms with Crippen LogP contribution in [0.5, 0.6) is 0 Å². The molecule has 0 aliphatic heterocycles. The minimum absolute atomic E-state index is 0.0133. The van der Waals surface area contributed by atoms with Crippen molar-refractivity contribution in [1.29, 1.82) is 0 Å². The van der Waals surface area contributed by atoms with E-state index in [0.717, 1.165) is 6.07 Å². The fourth-order valence-corrected chi connectivity index (χ4v) is 2.30. The van der Waals surface area contributed by atoms with Gasteiger partial charge in [0.15, 0.2) is 0 Å². The summed E-state index contributed by atoms with van der Waals surface area (Å²) in [6, 6.07) is 9.50. The molecule has 21 heavy (non-hydrogen) atoms. The van der Waals surface area contributed by atoms with Gasteiger partial charge in [0.2, 0.25) is 0 Å². The van der Waals surface area contributed by atoms with Gasteiger partial charge < -0.3 is 5.11 Å². The molecule has 0 spiro atoms. The topological polar surface area (TPSA) is 50.2 Å². The van der Waals surface area contributed by atoms with Gasteiger partial charge in [-0.15, -0.1) is 0 Å². The number of halogens is 3. The molecule has 3 nitrogen and oxygen atoms in total. The number of pyridine rings is 1. The Balaban J connectivity index is 2.43. The summed E-state index contributed by atoms with van der Waals surface area (Å²) >= 11 is 0. The normalized spacial score (nSPS) is 12.0. The molecule has 2 aromatic carbocycles. The van der Waals surface area contributed by atoms with Gasteiger partial charge in [0.25, 0.3) is 0 Å². The number of para-hydroxylation sites is 1. The number of fused-ring (bicyclic) bond motifs is 2. The fraction of sp³-hybridized carbons (Fsp3) is 0.0667. The molecule has 1 aromatic heterocycles. The molecule has 0 fully saturated rings. The second-order valence-corrected chi connectivity index (χ2v) is 4.54. The third-order valence-electron chi connectivity index (χ3n) is 3.22. The molecule has 0 saturated heterocycles. The van der Waals surface area contributed by atoms with Gasteiger partial charge in [-0.2, -0.15) is 13.2 Å². The van der Waals surface area contributed by atoms with Crippen LogP contribution in [0.1, 0.15) is 15.9 Å². The maximum atomic E-state index is 13.0. The van der Waals surface area contributed by atoms with Gasteiger partial charge in [0.05, 0.1) is 22.2 Å². The highest BCUT2D eigenvalue weighted by molar-refractivity contribution is 6.06. The highest BCUT2D eigenvalue weighted by Crippen LogP contribution is 2.35. The van der Waals surface area contributed by atoms with E-state index < -0.39 is 17.7 Å². The Kier molecular flexibility index (Phi) is 2.83. The monoisotopic (exact) mass is 291 g/mol. The molecule has 0 amide bonds. The summed E-state index contributed by atoms with van der Waals surface area (Å²) in [7, 11) is 0. The summed E-state index contributed by atoms with van der Waals surface area (Å²) in [6.45, 7) is 0. The number of hydrogen-bond acceptors (Lipinski definition) is 2. The molecule has 0 aliphatic rings. The summed E-state index contributed by atoms with van der Waals surface area (Å²) in [5, 5.41) is 9.70. The van der Waals surface area contributed by atoms with Crippen molar-refractivity contribution >= 4 is 27.8 Å². The van der Waals surface area contributed by atoms with Crippen molar-refractivity contribution in [1.82, 2.24) is 4.98 Å². The predicted octanol–water partition coefficient (Wildman–Crippen LogP) is 4.11. The Morgan fingerprint density at radius 1 is 1.10 bits per heavy atom. The van der Waals surface area contributed by atoms with Crippen LogP contribution in [0.25, 0.3) is 21.8 Å². The van der Waals surface area contributed by atoms with Crippen LogP contribution in [0, 0.1) is 0 Å². The molecule has 0 bridgehead atoms. The number of alkyl halides is 3. The van der Waals surface area contributed by atoms with Crippen LogP contribution in [0.2, 0.25) is 0 Å². The SMILES string of the molecule is O=C(O)c1cccc2nc3c(C(F)(F)F)cccc3cc12. The Morgan fingerprint density at radius 2 is 1.81 bits per heavy atom. The molecule has 0 radical (unpaired) electrons. The molecule has 106 valence electrons. The maximum absolute atomic E-state index is 13.0. The average Bonchev–Trinajstić information content (AvgIpc) is 2.42. The van der Waals surface area contributed by atoms with Gasteiger partial charge in [-0.25, -0.2) is 9.78 Å². The van der Waals surface area contributed by atoms with E-state index in [1.54, 1.807) is 0 Å². The predicted molar refractivity (Wildman–Crippen MR) is 71.2 cm³/mol. The lowest BCUT2D eigenvalue weighted by atomic mass is 10.0. The number of carbonyl (C=O) groups is 1. The number of benzene rings is 2. The number of rotatable bonds is 1. The van der Waals surface area contributed by atoms with Gasteiger partial charge in [-0.3, -0.25) is 0 Å². The van der Waals surface area contributed by atoms with Crippen molar-refractivity contribution in [3.8, 4) is 0 Å². The Labute approximate surface area is 116 Å². The number of carboxylic acid groups (broad SMARTS) is 1. The molecule has 0 aliphatic carbocycles. The lowest BCUT2D eigenvalue weighted by Gasteiger charge is -2.11. The standard InChI is InChI=1S/C15H8F3NO2/c16-15(17,18)11-5-1-3-8-7-10-9(14(20)21)4-2-6-12(10)19-13(8)11/h1-7H,(H,20,21). The number of aromatic nitrogens is 1. The molecule has 3 aromatic rings. The summed E-state index contributed by atoms with van der Waals surface area (Å²) in [6.07, 6.45) is -4.51. The summed E-state index contributed by atoms with van der Waals surface area (Å²) in [4.78, 5) is 15.2. The lowest BCUT2D eigenvalue weighted by Crippen LogP contribution is -2.07. The molecular weight excluding hydrogens is 283 g/mol. The first-order valence-corrected chi connectivity index (χ1v) is 6.01. The van der Waals surface area contributed by atoms with Crippen LogP contribution in [0.4, 0.5) is 13.2 Å². The average molecular weight is 291 g/mol. The zero-order chi connectivity index (χ0) is 15.2. The van der Waals surface area contributed by atoms with Crippen molar-refractivity contribution in [2.45, 2.75) is 6.18 Å². The molecule has 0 saturated carbocycles. The van der Waals surface area contributed by atoms with Gasteiger partial charge in [0, 0.05) is 10.8 Å². The number of carboxylic acids is 1.